The van der Waals surface area contributed by atoms with Crippen molar-refractivity contribution in [2.45, 2.75) is 6.54 Å². The van der Waals surface area contributed by atoms with Crippen molar-refractivity contribution in [2.75, 3.05) is 20.1 Å². The highest BCUT2D eigenvalue weighted by Gasteiger charge is 2.11. The molecule has 0 aliphatic rings. The Balaban J connectivity index is 2.06. The fraction of sp³-hybridized carbons (Fsp3) is 0.308. The number of aromatic nitrogens is 2. The van der Waals surface area contributed by atoms with Crippen molar-refractivity contribution >= 4 is 27.5 Å². The Bertz CT molecular complexity index is 713. The Morgan fingerprint density at radius 3 is 3.20 bits per heavy atom. The van der Waals surface area contributed by atoms with E-state index in [0.29, 0.717) is 22.6 Å². The molecule has 2 rings (SSSR count). The molecule has 0 atom stereocenters. The Hall–Kier alpha value is -2.17. The molecule has 1 amide bonds. The van der Waals surface area contributed by atoms with Gasteiger partial charge in [0.15, 0.2) is 0 Å². The minimum atomic E-state index is -0.175. The number of nitrogens with zero attached hydrogens (tertiary/aromatic N) is 2. The standard InChI is InChI=1S/C13H14N4O2S/c1-3-5-14-7-11(18)17(2)8-10-15-9-4-6-20-12(9)13(19)16-10/h1,4,6,14H,5,7-8H2,2H3,(H,15,16,19). The Morgan fingerprint density at radius 2 is 2.45 bits per heavy atom. The first-order chi connectivity index (χ1) is 9.61. The third kappa shape index (κ3) is 3.23. The third-order valence-corrected chi connectivity index (χ3v) is 3.58. The predicted octanol–water partition coefficient (Wildman–Crippen LogP) is 0.166. The topological polar surface area (TPSA) is 78.1 Å². The minimum absolute atomic E-state index is 0.117. The number of likely N-dealkylation sites (N-methyl/N-ethyl adjacent to an activating group) is 1. The summed E-state index contributed by atoms with van der Waals surface area (Å²) in [6.07, 6.45) is 5.09. The molecule has 2 N–H and O–H groups in total. The minimum Gasteiger partial charge on any atom is -0.337 e. The molecular weight excluding hydrogens is 276 g/mol. The fourth-order valence-electron chi connectivity index (χ4n) is 1.69. The van der Waals surface area contributed by atoms with Crippen molar-refractivity contribution in [2.24, 2.45) is 0 Å². The quantitative estimate of drug-likeness (QED) is 0.607. The number of hydrogen-bond donors (Lipinski definition) is 2. The van der Waals surface area contributed by atoms with Crippen LogP contribution in [0.3, 0.4) is 0 Å². The average molecular weight is 290 g/mol. The van der Waals surface area contributed by atoms with E-state index < -0.39 is 0 Å². The fourth-order valence-corrected chi connectivity index (χ4v) is 2.41. The molecule has 0 spiro atoms. The van der Waals surface area contributed by atoms with E-state index in [9.17, 15) is 9.59 Å². The summed E-state index contributed by atoms with van der Waals surface area (Å²) in [5, 5.41) is 4.64. The maximum atomic E-state index is 11.8. The third-order valence-electron chi connectivity index (χ3n) is 2.68. The maximum Gasteiger partial charge on any atom is 0.268 e. The zero-order valence-electron chi connectivity index (χ0n) is 11.0. The van der Waals surface area contributed by atoms with E-state index >= 15 is 0 Å². The van der Waals surface area contributed by atoms with Crippen LogP contribution in [0.15, 0.2) is 16.2 Å². The molecular formula is C13H14N4O2S. The number of aromatic amines is 1. The Morgan fingerprint density at radius 1 is 1.65 bits per heavy atom. The van der Waals surface area contributed by atoms with Gasteiger partial charge in [-0.1, -0.05) is 5.92 Å². The monoisotopic (exact) mass is 290 g/mol. The van der Waals surface area contributed by atoms with Crippen LogP contribution in [0.5, 0.6) is 0 Å². The van der Waals surface area contributed by atoms with Crippen LogP contribution in [0.4, 0.5) is 0 Å². The van der Waals surface area contributed by atoms with E-state index in [2.05, 4.69) is 21.2 Å². The van der Waals surface area contributed by atoms with Gasteiger partial charge in [-0.3, -0.25) is 14.9 Å². The summed E-state index contributed by atoms with van der Waals surface area (Å²) in [7, 11) is 1.65. The Labute approximate surface area is 119 Å². The lowest BCUT2D eigenvalue weighted by Crippen LogP contribution is -2.36. The van der Waals surface area contributed by atoms with Crippen molar-refractivity contribution in [3.8, 4) is 12.3 Å². The van der Waals surface area contributed by atoms with Gasteiger partial charge in [-0.15, -0.1) is 17.8 Å². The first kappa shape index (κ1) is 14.2. The number of nitrogens with one attached hydrogen (secondary N) is 2. The summed E-state index contributed by atoms with van der Waals surface area (Å²) in [5.41, 5.74) is 0.478. The number of thiophene rings is 1. The summed E-state index contributed by atoms with van der Waals surface area (Å²) in [6, 6.07) is 1.79. The Kier molecular flexibility index (Phi) is 4.50. The summed E-state index contributed by atoms with van der Waals surface area (Å²) in [4.78, 5) is 32.1. The SMILES string of the molecule is C#CCNCC(=O)N(C)Cc1nc2ccsc2c(=O)[nH]1. The van der Waals surface area contributed by atoms with Crippen molar-refractivity contribution in [3.63, 3.8) is 0 Å². The smallest absolute Gasteiger partial charge is 0.268 e. The predicted molar refractivity (Wildman–Crippen MR) is 78.4 cm³/mol. The first-order valence-corrected chi connectivity index (χ1v) is 6.84. The second-order valence-electron chi connectivity index (χ2n) is 4.21. The summed E-state index contributed by atoms with van der Waals surface area (Å²) >= 11 is 1.35. The van der Waals surface area contributed by atoms with Crippen LogP contribution in [-0.2, 0) is 11.3 Å². The highest BCUT2D eigenvalue weighted by Crippen LogP contribution is 2.13. The number of carbonyl (C=O) groups is 1. The number of amides is 1. The van der Waals surface area contributed by atoms with Crippen LogP contribution < -0.4 is 10.9 Å². The van der Waals surface area contributed by atoms with Crippen molar-refractivity contribution in [1.82, 2.24) is 20.2 Å². The molecule has 7 heteroatoms. The molecule has 0 saturated carbocycles. The van der Waals surface area contributed by atoms with E-state index in [1.807, 2.05) is 5.38 Å². The van der Waals surface area contributed by atoms with Gasteiger partial charge in [0.25, 0.3) is 5.56 Å². The summed E-state index contributed by atoms with van der Waals surface area (Å²) in [6.45, 7) is 0.749. The molecule has 20 heavy (non-hydrogen) atoms. The van der Waals surface area contributed by atoms with E-state index in [0.717, 1.165) is 0 Å². The molecule has 0 aliphatic heterocycles. The molecule has 0 aliphatic carbocycles. The van der Waals surface area contributed by atoms with Gasteiger partial charge in [-0.25, -0.2) is 4.98 Å². The maximum absolute atomic E-state index is 11.8. The van der Waals surface area contributed by atoms with E-state index in [4.69, 9.17) is 6.42 Å². The highest BCUT2D eigenvalue weighted by molar-refractivity contribution is 7.17. The second-order valence-corrected chi connectivity index (χ2v) is 5.12. The van der Waals surface area contributed by atoms with Crippen molar-refractivity contribution in [3.05, 3.63) is 27.6 Å². The first-order valence-electron chi connectivity index (χ1n) is 5.96. The van der Waals surface area contributed by atoms with Crippen LogP contribution in [-0.4, -0.2) is 40.9 Å². The second kappa shape index (κ2) is 6.32. The van der Waals surface area contributed by atoms with Crippen molar-refractivity contribution in [1.29, 1.82) is 0 Å². The normalized spacial score (nSPS) is 10.4. The van der Waals surface area contributed by atoms with E-state index in [-0.39, 0.29) is 24.6 Å². The number of rotatable bonds is 5. The van der Waals surface area contributed by atoms with Crippen LogP contribution >= 0.6 is 11.3 Å². The van der Waals surface area contributed by atoms with E-state index in [1.54, 1.807) is 13.1 Å². The zero-order chi connectivity index (χ0) is 14.5. The van der Waals surface area contributed by atoms with Crippen molar-refractivity contribution < 1.29 is 4.79 Å². The highest BCUT2D eigenvalue weighted by atomic mass is 32.1. The zero-order valence-corrected chi connectivity index (χ0v) is 11.8. The number of terminal acetylenes is 1. The lowest BCUT2D eigenvalue weighted by atomic mass is 10.4. The van der Waals surface area contributed by atoms with Gasteiger partial charge < -0.3 is 9.88 Å². The van der Waals surface area contributed by atoms with Crippen LogP contribution in [0.25, 0.3) is 10.2 Å². The van der Waals surface area contributed by atoms with Gasteiger partial charge in [-0.05, 0) is 11.4 Å². The molecule has 0 saturated heterocycles. The van der Waals surface area contributed by atoms with Crippen LogP contribution in [0, 0.1) is 12.3 Å². The molecule has 0 bridgehead atoms. The molecule has 6 nitrogen and oxygen atoms in total. The number of carbonyl (C=O) groups excluding carboxylic acids is 1. The summed E-state index contributed by atoms with van der Waals surface area (Å²) in [5.74, 6) is 2.74. The lowest BCUT2D eigenvalue weighted by Gasteiger charge is -2.16. The number of hydrogen-bond acceptors (Lipinski definition) is 5. The van der Waals surface area contributed by atoms with E-state index in [1.165, 1.54) is 16.2 Å². The van der Waals surface area contributed by atoms with Gasteiger partial charge in [0.2, 0.25) is 5.91 Å². The van der Waals surface area contributed by atoms with Gasteiger partial charge in [0, 0.05) is 7.05 Å². The lowest BCUT2D eigenvalue weighted by molar-refractivity contribution is -0.129. The molecule has 2 aromatic rings. The molecule has 2 heterocycles. The molecule has 104 valence electrons. The largest absolute Gasteiger partial charge is 0.337 e. The molecule has 0 unspecified atom stereocenters. The number of fused-ring (bicyclic) bond motifs is 1. The molecule has 0 aromatic carbocycles. The van der Waals surface area contributed by atoms with Gasteiger partial charge >= 0.3 is 0 Å². The summed E-state index contributed by atoms with van der Waals surface area (Å²) < 4.78 is 0.596. The van der Waals surface area contributed by atoms with Crippen LogP contribution in [0.2, 0.25) is 0 Å². The van der Waals surface area contributed by atoms with Gasteiger partial charge in [-0.2, -0.15) is 0 Å². The molecule has 0 radical (unpaired) electrons. The molecule has 0 fully saturated rings. The van der Waals surface area contributed by atoms with Gasteiger partial charge in [0.1, 0.15) is 10.5 Å². The average Bonchev–Trinajstić information content (AvgIpc) is 2.87. The number of H-pyrrole nitrogens is 1. The van der Waals surface area contributed by atoms with Gasteiger partial charge in [0.05, 0.1) is 25.2 Å². The molecule has 2 aromatic heterocycles. The van der Waals surface area contributed by atoms with Crippen LogP contribution in [0.1, 0.15) is 5.82 Å².